The number of unbranched alkanes of at least 4 members (excludes halogenated alkanes) is 1. The summed E-state index contributed by atoms with van der Waals surface area (Å²) in [6.07, 6.45) is 5.70. The fourth-order valence-electron chi connectivity index (χ4n) is 3.11. The van der Waals surface area contributed by atoms with Crippen LogP contribution in [0.2, 0.25) is 0 Å². The summed E-state index contributed by atoms with van der Waals surface area (Å²) in [5.74, 6) is 0.0586. The van der Waals surface area contributed by atoms with Gasteiger partial charge in [-0.1, -0.05) is 13.3 Å². The Morgan fingerprint density at radius 1 is 1.06 bits per heavy atom. The van der Waals surface area contributed by atoms with Gasteiger partial charge in [-0.15, -0.1) is 0 Å². The van der Waals surface area contributed by atoms with Crippen LogP contribution >= 0.6 is 0 Å². The van der Waals surface area contributed by atoms with Gasteiger partial charge in [-0.05, 0) is 61.9 Å². The second kappa shape index (κ2) is 9.70. The number of carbonyl (C=O) groups is 1. The molecule has 8 heteroatoms. The van der Waals surface area contributed by atoms with Gasteiger partial charge in [0.2, 0.25) is 0 Å². The monoisotopic (exact) mass is 443 g/mol. The summed E-state index contributed by atoms with van der Waals surface area (Å²) < 4.78 is 38.9. The minimum atomic E-state index is -3.91. The Bertz CT molecular complexity index is 1190. The number of aromatic nitrogens is 1. The van der Waals surface area contributed by atoms with E-state index in [2.05, 4.69) is 6.92 Å². The van der Waals surface area contributed by atoms with Crippen LogP contribution in [0.25, 0.3) is 17.0 Å². The Balaban J connectivity index is 2.04. The molecule has 1 heterocycles. The molecule has 164 valence electrons. The molecule has 0 aliphatic rings. The van der Waals surface area contributed by atoms with Gasteiger partial charge in [-0.25, -0.2) is 17.2 Å². The molecule has 0 aliphatic heterocycles. The van der Waals surface area contributed by atoms with Crippen molar-refractivity contribution in [3.8, 4) is 11.5 Å². The zero-order valence-corrected chi connectivity index (χ0v) is 18.3. The third-order valence-electron chi connectivity index (χ3n) is 4.64. The van der Waals surface area contributed by atoms with Crippen molar-refractivity contribution in [3.05, 3.63) is 60.3 Å². The van der Waals surface area contributed by atoms with Crippen LogP contribution in [0.3, 0.4) is 0 Å². The van der Waals surface area contributed by atoms with Crippen molar-refractivity contribution in [1.29, 1.82) is 0 Å². The van der Waals surface area contributed by atoms with E-state index in [1.807, 2.05) is 6.92 Å². The Kier molecular flexibility index (Phi) is 7.02. The van der Waals surface area contributed by atoms with Gasteiger partial charge in [0, 0.05) is 23.2 Å². The summed E-state index contributed by atoms with van der Waals surface area (Å²) in [6, 6.07) is 11.3. The molecule has 0 spiro atoms. The summed E-state index contributed by atoms with van der Waals surface area (Å²) in [5.41, 5.74) is 0.888. The molecule has 0 saturated heterocycles. The zero-order chi connectivity index (χ0) is 22.4. The van der Waals surface area contributed by atoms with Gasteiger partial charge in [-0.3, -0.25) is 0 Å². The third-order valence-corrected chi connectivity index (χ3v) is 6.32. The lowest BCUT2D eigenvalue weighted by atomic mass is 10.1. The molecule has 0 bridgehead atoms. The smallest absolute Gasteiger partial charge is 0.328 e. The quantitative estimate of drug-likeness (QED) is 0.365. The molecule has 7 nitrogen and oxygen atoms in total. The number of aliphatic carboxylic acids is 1. The summed E-state index contributed by atoms with van der Waals surface area (Å²) in [5, 5.41) is 9.56. The summed E-state index contributed by atoms with van der Waals surface area (Å²) in [6.45, 7) is 4.95. The number of hydrogen-bond donors (Lipinski definition) is 1. The number of fused-ring (bicyclic) bond motifs is 1. The lowest BCUT2D eigenvalue weighted by Crippen LogP contribution is -2.11. The largest absolute Gasteiger partial charge is 0.494 e. The topological polar surface area (TPSA) is 94.8 Å². The van der Waals surface area contributed by atoms with E-state index in [-0.39, 0.29) is 4.90 Å². The second-order valence-electron chi connectivity index (χ2n) is 6.84. The number of nitrogens with zero attached hydrogens (tertiary/aromatic N) is 1. The molecule has 0 unspecified atom stereocenters. The van der Waals surface area contributed by atoms with Crippen molar-refractivity contribution in [3.63, 3.8) is 0 Å². The highest BCUT2D eigenvalue weighted by Gasteiger charge is 2.21. The first-order valence-corrected chi connectivity index (χ1v) is 11.5. The number of hydrogen-bond acceptors (Lipinski definition) is 5. The fraction of sp³-hybridized carbons (Fsp3) is 0.261. The van der Waals surface area contributed by atoms with Crippen LogP contribution in [-0.2, 0) is 14.8 Å². The van der Waals surface area contributed by atoms with Crippen LogP contribution in [0.5, 0.6) is 11.5 Å². The minimum absolute atomic E-state index is 0.106. The van der Waals surface area contributed by atoms with E-state index in [4.69, 9.17) is 14.6 Å². The molecule has 0 fully saturated rings. The molecule has 1 aromatic heterocycles. The van der Waals surface area contributed by atoms with Crippen molar-refractivity contribution in [1.82, 2.24) is 3.97 Å². The molecular formula is C23H25NO6S. The van der Waals surface area contributed by atoms with Gasteiger partial charge in [0.25, 0.3) is 10.0 Å². The summed E-state index contributed by atoms with van der Waals surface area (Å²) in [4.78, 5) is 11.1. The van der Waals surface area contributed by atoms with Gasteiger partial charge in [0.15, 0.2) is 0 Å². The molecule has 0 saturated carbocycles. The molecule has 3 rings (SSSR count). The van der Waals surface area contributed by atoms with Crippen molar-refractivity contribution in [2.75, 3.05) is 13.2 Å². The average molecular weight is 444 g/mol. The third kappa shape index (κ3) is 5.08. The molecule has 2 aromatic carbocycles. The molecule has 0 aliphatic carbocycles. The van der Waals surface area contributed by atoms with E-state index in [0.29, 0.717) is 41.2 Å². The molecule has 31 heavy (non-hydrogen) atoms. The first kappa shape index (κ1) is 22.4. The lowest BCUT2D eigenvalue weighted by molar-refractivity contribution is -0.131. The Morgan fingerprint density at radius 2 is 1.77 bits per heavy atom. The van der Waals surface area contributed by atoms with Gasteiger partial charge in [0.1, 0.15) is 11.5 Å². The molecular weight excluding hydrogens is 418 g/mol. The highest BCUT2D eigenvalue weighted by molar-refractivity contribution is 7.90. The molecule has 3 aromatic rings. The zero-order valence-electron chi connectivity index (χ0n) is 17.4. The number of carboxylic acids is 1. The molecule has 0 atom stereocenters. The van der Waals surface area contributed by atoms with Crippen molar-refractivity contribution in [2.24, 2.45) is 0 Å². The van der Waals surface area contributed by atoms with E-state index >= 15 is 0 Å². The maximum Gasteiger partial charge on any atom is 0.328 e. The van der Waals surface area contributed by atoms with Crippen molar-refractivity contribution in [2.45, 2.75) is 31.6 Å². The standard InChI is InChI=1S/C23H25NO6S/c1-3-5-14-30-18-7-10-20(11-8-18)31(27,28)24-16-17(6-13-23(25)26)21-15-19(29-4-2)9-12-22(21)24/h6-13,15-16H,3-5,14H2,1-2H3,(H,25,26)/b13-6+. The van der Waals surface area contributed by atoms with Crippen LogP contribution in [0, 0.1) is 0 Å². The SMILES string of the molecule is CCCCOc1ccc(S(=O)(=O)n2cc(/C=C/C(=O)O)c3cc(OCC)ccc32)cc1. The van der Waals surface area contributed by atoms with E-state index in [0.717, 1.165) is 22.9 Å². The Hall–Kier alpha value is -3.26. The van der Waals surface area contributed by atoms with Gasteiger partial charge in [0.05, 0.1) is 23.6 Å². The van der Waals surface area contributed by atoms with E-state index in [9.17, 15) is 13.2 Å². The maximum atomic E-state index is 13.3. The summed E-state index contributed by atoms with van der Waals surface area (Å²) in [7, 11) is -3.91. The van der Waals surface area contributed by atoms with Gasteiger partial charge < -0.3 is 14.6 Å². The number of rotatable bonds is 10. The normalized spacial score (nSPS) is 11.8. The number of ether oxygens (including phenoxy) is 2. The van der Waals surface area contributed by atoms with Crippen molar-refractivity contribution < 1.29 is 27.8 Å². The molecule has 1 N–H and O–H groups in total. The van der Waals surface area contributed by atoms with Crippen LogP contribution in [0.4, 0.5) is 0 Å². The average Bonchev–Trinajstić information content (AvgIpc) is 3.12. The van der Waals surface area contributed by atoms with E-state index < -0.39 is 16.0 Å². The highest BCUT2D eigenvalue weighted by atomic mass is 32.2. The lowest BCUT2D eigenvalue weighted by Gasteiger charge is -2.10. The number of carboxylic acid groups (broad SMARTS) is 1. The van der Waals surface area contributed by atoms with Crippen LogP contribution in [-0.4, -0.2) is 36.7 Å². The Labute approximate surface area is 181 Å². The number of benzene rings is 2. The molecule has 0 radical (unpaired) electrons. The highest BCUT2D eigenvalue weighted by Crippen LogP contribution is 2.30. The van der Waals surface area contributed by atoms with Crippen LogP contribution < -0.4 is 9.47 Å². The van der Waals surface area contributed by atoms with Crippen LogP contribution in [0.15, 0.2) is 59.6 Å². The predicted molar refractivity (Wildman–Crippen MR) is 119 cm³/mol. The molecule has 0 amide bonds. The minimum Gasteiger partial charge on any atom is -0.494 e. The van der Waals surface area contributed by atoms with Gasteiger partial charge >= 0.3 is 5.97 Å². The van der Waals surface area contributed by atoms with E-state index in [1.165, 1.54) is 24.4 Å². The van der Waals surface area contributed by atoms with E-state index in [1.54, 1.807) is 30.3 Å². The van der Waals surface area contributed by atoms with Crippen molar-refractivity contribution >= 4 is 33.0 Å². The Morgan fingerprint density at radius 3 is 2.42 bits per heavy atom. The first-order valence-electron chi connectivity index (χ1n) is 10.0. The first-order chi connectivity index (χ1) is 14.9. The fourth-order valence-corrected chi connectivity index (χ4v) is 4.49. The predicted octanol–water partition coefficient (Wildman–Crippen LogP) is 4.55. The van der Waals surface area contributed by atoms with Gasteiger partial charge in [-0.2, -0.15) is 0 Å². The summed E-state index contributed by atoms with van der Waals surface area (Å²) >= 11 is 0. The maximum absolute atomic E-state index is 13.3. The second-order valence-corrected chi connectivity index (χ2v) is 8.66. The van der Waals surface area contributed by atoms with Crippen LogP contribution in [0.1, 0.15) is 32.3 Å².